The van der Waals surface area contributed by atoms with Crippen molar-refractivity contribution in [2.24, 2.45) is 0 Å². The molecule has 0 radical (unpaired) electrons. The third kappa shape index (κ3) is 2.53. The molecule has 0 bridgehead atoms. The molecule has 148 valence electrons. The molecule has 0 amide bonds. The van der Waals surface area contributed by atoms with Gasteiger partial charge in [0.1, 0.15) is 5.82 Å². The van der Waals surface area contributed by atoms with E-state index >= 15 is 0 Å². The molecule has 0 spiro atoms. The van der Waals surface area contributed by atoms with Crippen molar-refractivity contribution in [1.82, 2.24) is 9.55 Å². The molecule has 0 fully saturated rings. The minimum Gasteiger partial charge on any atom is -0.354 e. The smallest absolute Gasteiger partial charge is 0.197 e. The minimum absolute atomic E-state index is 0.113. The highest BCUT2D eigenvalue weighted by atomic mass is 19.1. The normalized spacial score (nSPS) is 11.6. The van der Waals surface area contributed by atoms with Crippen molar-refractivity contribution in [1.29, 1.82) is 0 Å². The van der Waals surface area contributed by atoms with Gasteiger partial charge in [-0.2, -0.15) is 0 Å². The number of aromatic nitrogens is 2. The van der Waals surface area contributed by atoms with Crippen LogP contribution in [-0.4, -0.2) is 9.55 Å². The highest BCUT2D eigenvalue weighted by Crippen LogP contribution is 2.27. The van der Waals surface area contributed by atoms with Crippen LogP contribution in [0.2, 0.25) is 0 Å². The zero-order chi connectivity index (χ0) is 21.1. The van der Waals surface area contributed by atoms with Crippen molar-refractivity contribution in [3.63, 3.8) is 0 Å². The van der Waals surface area contributed by atoms with Gasteiger partial charge in [-0.1, -0.05) is 30.3 Å². The summed E-state index contributed by atoms with van der Waals surface area (Å²) in [6, 6.07) is 24.4. The van der Waals surface area contributed by atoms with Crippen molar-refractivity contribution in [2.75, 3.05) is 0 Å². The molecule has 0 aliphatic rings. The molecule has 2 aromatic heterocycles. The Morgan fingerprint density at radius 2 is 1.32 bits per heavy atom. The van der Waals surface area contributed by atoms with Crippen LogP contribution in [0.3, 0.4) is 0 Å². The van der Waals surface area contributed by atoms with E-state index in [9.17, 15) is 14.0 Å². The third-order valence-electron chi connectivity index (χ3n) is 5.77. The number of nitrogens with zero attached hydrogens (tertiary/aromatic N) is 1. The number of halogens is 1. The Bertz CT molecular complexity index is 1780. The van der Waals surface area contributed by atoms with E-state index in [-0.39, 0.29) is 10.9 Å². The van der Waals surface area contributed by atoms with Gasteiger partial charge in [-0.05, 0) is 54.6 Å². The molecule has 0 unspecified atom stereocenters. The van der Waals surface area contributed by atoms with Gasteiger partial charge < -0.3 is 9.55 Å². The Labute approximate surface area is 174 Å². The summed E-state index contributed by atoms with van der Waals surface area (Å²) in [5.74, 6) is -0.430. The number of benzene rings is 4. The van der Waals surface area contributed by atoms with Gasteiger partial charge in [0.15, 0.2) is 10.9 Å². The van der Waals surface area contributed by atoms with Gasteiger partial charge >= 0.3 is 0 Å². The molecule has 4 nitrogen and oxygen atoms in total. The number of para-hydroxylation sites is 2. The fourth-order valence-electron chi connectivity index (χ4n) is 4.34. The second-order valence-corrected chi connectivity index (χ2v) is 7.58. The molecule has 0 aliphatic heterocycles. The first-order valence-electron chi connectivity index (χ1n) is 9.90. The van der Waals surface area contributed by atoms with Crippen LogP contribution in [0.1, 0.15) is 0 Å². The standard InChI is InChI=1S/C26H15FN2O2/c27-15-10-11-18-23(12-15)29(16-6-2-1-3-7-16)24-14-19-22(13-20(24)26(18)31)28-21-9-5-4-8-17(21)25(19)30/h1-14H,(H,28,30). The summed E-state index contributed by atoms with van der Waals surface area (Å²) in [6.45, 7) is 0. The number of rotatable bonds is 1. The van der Waals surface area contributed by atoms with Gasteiger partial charge in [0.2, 0.25) is 0 Å². The van der Waals surface area contributed by atoms with Crippen LogP contribution in [0, 0.1) is 5.82 Å². The summed E-state index contributed by atoms with van der Waals surface area (Å²) in [5.41, 5.74) is 2.79. The monoisotopic (exact) mass is 406 g/mol. The maximum absolute atomic E-state index is 14.2. The lowest BCUT2D eigenvalue weighted by atomic mass is 10.0. The van der Waals surface area contributed by atoms with Crippen LogP contribution in [0.25, 0.3) is 49.3 Å². The molecule has 0 saturated heterocycles. The number of hydrogen-bond acceptors (Lipinski definition) is 2. The topological polar surface area (TPSA) is 54.9 Å². The van der Waals surface area contributed by atoms with Crippen LogP contribution >= 0.6 is 0 Å². The predicted octanol–water partition coefficient (Wildman–Crippen LogP) is 5.28. The molecular formula is C26H15FN2O2. The summed E-state index contributed by atoms with van der Waals surface area (Å²) in [5, 5.41) is 1.93. The average molecular weight is 406 g/mol. The molecule has 0 saturated carbocycles. The van der Waals surface area contributed by atoms with Gasteiger partial charge in [-0.15, -0.1) is 0 Å². The molecule has 31 heavy (non-hydrogen) atoms. The van der Waals surface area contributed by atoms with E-state index in [1.807, 2.05) is 53.1 Å². The van der Waals surface area contributed by atoms with Crippen LogP contribution in [0.15, 0.2) is 94.5 Å². The number of pyridine rings is 2. The molecule has 0 aliphatic carbocycles. The minimum atomic E-state index is -0.430. The van der Waals surface area contributed by atoms with E-state index in [0.717, 1.165) is 5.69 Å². The average Bonchev–Trinajstić information content (AvgIpc) is 2.79. The Hall–Kier alpha value is -4.25. The summed E-state index contributed by atoms with van der Waals surface area (Å²) in [7, 11) is 0. The second-order valence-electron chi connectivity index (χ2n) is 7.58. The summed E-state index contributed by atoms with van der Waals surface area (Å²) >= 11 is 0. The SMILES string of the molecule is O=c1c2ccccc2[nH]c2cc3c(=O)c4ccc(F)cc4n(-c4ccccc4)c3cc12. The quantitative estimate of drug-likeness (QED) is 0.378. The largest absolute Gasteiger partial charge is 0.354 e. The van der Waals surface area contributed by atoms with Gasteiger partial charge in [0.05, 0.1) is 16.6 Å². The fourth-order valence-corrected chi connectivity index (χ4v) is 4.34. The van der Waals surface area contributed by atoms with Gasteiger partial charge in [-0.25, -0.2) is 4.39 Å². The lowest BCUT2D eigenvalue weighted by Gasteiger charge is -2.16. The molecule has 2 heterocycles. The number of H-pyrrole nitrogens is 1. The summed E-state index contributed by atoms with van der Waals surface area (Å²) in [6.07, 6.45) is 0. The molecule has 5 heteroatoms. The first-order valence-corrected chi connectivity index (χ1v) is 9.90. The summed E-state index contributed by atoms with van der Waals surface area (Å²) < 4.78 is 16.0. The van der Waals surface area contributed by atoms with Crippen molar-refractivity contribution < 1.29 is 4.39 Å². The van der Waals surface area contributed by atoms with E-state index in [4.69, 9.17) is 0 Å². The van der Waals surface area contributed by atoms with Gasteiger partial charge in [0, 0.05) is 32.7 Å². The van der Waals surface area contributed by atoms with Gasteiger partial charge in [-0.3, -0.25) is 9.59 Å². The number of hydrogen-bond donors (Lipinski definition) is 1. The first-order chi connectivity index (χ1) is 15.1. The maximum atomic E-state index is 14.2. The second kappa shape index (κ2) is 6.37. The van der Waals surface area contributed by atoms with Crippen LogP contribution < -0.4 is 10.9 Å². The highest BCUT2D eigenvalue weighted by molar-refractivity contribution is 6.04. The highest BCUT2D eigenvalue weighted by Gasteiger charge is 2.16. The first kappa shape index (κ1) is 17.6. The Morgan fingerprint density at radius 1 is 0.613 bits per heavy atom. The molecule has 6 rings (SSSR count). The van der Waals surface area contributed by atoms with E-state index in [0.29, 0.717) is 43.6 Å². The van der Waals surface area contributed by atoms with Crippen molar-refractivity contribution >= 4 is 43.6 Å². The van der Waals surface area contributed by atoms with Crippen LogP contribution in [0.4, 0.5) is 4.39 Å². The zero-order valence-corrected chi connectivity index (χ0v) is 16.2. The summed E-state index contributed by atoms with van der Waals surface area (Å²) in [4.78, 5) is 29.8. The van der Waals surface area contributed by atoms with Crippen LogP contribution in [-0.2, 0) is 0 Å². The lowest BCUT2D eigenvalue weighted by molar-refractivity contribution is 0.629. The Balaban J connectivity index is 1.90. The van der Waals surface area contributed by atoms with E-state index in [1.165, 1.54) is 18.2 Å². The molecule has 6 aromatic rings. The lowest BCUT2D eigenvalue weighted by Crippen LogP contribution is -2.12. The maximum Gasteiger partial charge on any atom is 0.197 e. The van der Waals surface area contributed by atoms with Crippen molar-refractivity contribution in [2.45, 2.75) is 0 Å². The molecular weight excluding hydrogens is 391 g/mol. The zero-order valence-electron chi connectivity index (χ0n) is 16.2. The number of fused-ring (bicyclic) bond motifs is 4. The van der Waals surface area contributed by atoms with Crippen LogP contribution in [0.5, 0.6) is 0 Å². The Kier molecular flexibility index (Phi) is 3.62. The molecule has 0 atom stereocenters. The Morgan fingerprint density at radius 3 is 2.16 bits per heavy atom. The predicted molar refractivity (Wildman–Crippen MR) is 123 cm³/mol. The van der Waals surface area contributed by atoms with Gasteiger partial charge in [0.25, 0.3) is 0 Å². The molecule has 4 aromatic carbocycles. The van der Waals surface area contributed by atoms with Crippen molar-refractivity contribution in [3.8, 4) is 5.69 Å². The molecule has 1 N–H and O–H groups in total. The number of nitrogens with one attached hydrogen (secondary N) is 1. The third-order valence-corrected chi connectivity index (χ3v) is 5.77. The van der Waals surface area contributed by atoms with E-state index in [2.05, 4.69) is 4.98 Å². The fraction of sp³-hybridized carbons (Fsp3) is 0. The number of aromatic amines is 1. The van der Waals surface area contributed by atoms with E-state index in [1.54, 1.807) is 18.2 Å². The van der Waals surface area contributed by atoms with E-state index < -0.39 is 5.82 Å². The van der Waals surface area contributed by atoms with Crippen molar-refractivity contribution in [3.05, 3.63) is 111 Å².